The lowest BCUT2D eigenvalue weighted by Crippen LogP contribution is -2.13. The number of para-hydroxylation sites is 1. The van der Waals surface area contributed by atoms with Gasteiger partial charge in [-0.3, -0.25) is 4.79 Å². The first-order chi connectivity index (χ1) is 14.1. The number of aromatic nitrogens is 4. The van der Waals surface area contributed by atoms with Crippen molar-refractivity contribution in [2.75, 3.05) is 0 Å². The first kappa shape index (κ1) is 18.2. The average molecular weight is 388 g/mol. The molecule has 0 aliphatic rings. The van der Waals surface area contributed by atoms with Gasteiger partial charge in [-0.05, 0) is 71.1 Å². The van der Waals surface area contributed by atoms with Crippen LogP contribution in [-0.2, 0) is 0 Å². The SMILES string of the molecule is O=C(c1ccc(F)cc1)c1ccc(OC(=O)c2ccccc2-n2cnnn2)cc1. The molecule has 0 saturated heterocycles. The average Bonchev–Trinajstić information content (AvgIpc) is 3.29. The summed E-state index contributed by atoms with van der Waals surface area (Å²) in [5.74, 6) is -0.983. The largest absolute Gasteiger partial charge is 0.423 e. The minimum absolute atomic E-state index is 0.257. The van der Waals surface area contributed by atoms with Crippen molar-refractivity contribution < 1.29 is 18.7 Å². The zero-order chi connectivity index (χ0) is 20.2. The Morgan fingerprint density at radius 1 is 0.862 bits per heavy atom. The number of tetrazole rings is 1. The molecule has 29 heavy (non-hydrogen) atoms. The van der Waals surface area contributed by atoms with Crippen molar-refractivity contribution in [3.63, 3.8) is 0 Å². The van der Waals surface area contributed by atoms with Gasteiger partial charge in [0.1, 0.15) is 17.9 Å². The standard InChI is InChI=1S/C21H13FN4O3/c22-16-9-5-14(6-10-16)20(27)15-7-11-17(12-8-15)29-21(28)18-3-1-2-4-19(18)26-13-23-24-25-26/h1-13H. The lowest BCUT2D eigenvalue weighted by atomic mass is 10.0. The molecule has 0 unspecified atom stereocenters. The highest BCUT2D eigenvalue weighted by atomic mass is 19.1. The summed E-state index contributed by atoms with van der Waals surface area (Å²) in [6, 6.07) is 18.2. The number of ether oxygens (including phenoxy) is 1. The van der Waals surface area contributed by atoms with Gasteiger partial charge in [0, 0.05) is 11.1 Å². The van der Waals surface area contributed by atoms with Crippen LogP contribution in [0.2, 0.25) is 0 Å². The highest BCUT2D eigenvalue weighted by molar-refractivity contribution is 6.09. The lowest BCUT2D eigenvalue weighted by Gasteiger charge is -2.09. The van der Waals surface area contributed by atoms with Crippen molar-refractivity contribution in [3.05, 3.63) is 102 Å². The third-order valence-corrected chi connectivity index (χ3v) is 4.15. The molecule has 0 bridgehead atoms. The van der Waals surface area contributed by atoms with Gasteiger partial charge in [0.2, 0.25) is 0 Å². The van der Waals surface area contributed by atoms with Crippen molar-refractivity contribution in [2.24, 2.45) is 0 Å². The summed E-state index contributed by atoms with van der Waals surface area (Å²) in [6.45, 7) is 0. The molecule has 0 saturated carbocycles. The van der Waals surface area contributed by atoms with E-state index in [0.29, 0.717) is 16.8 Å². The number of carbonyl (C=O) groups is 2. The first-order valence-corrected chi connectivity index (χ1v) is 8.57. The Morgan fingerprint density at radius 3 is 2.17 bits per heavy atom. The minimum atomic E-state index is -0.589. The summed E-state index contributed by atoms with van der Waals surface area (Å²) in [5, 5.41) is 10.9. The van der Waals surface area contributed by atoms with Gasteiger partial charge < -0.3 is 4.74 Å². The Kier molecular flexibility index (Phi) is 4.90. The fraction of sp³-hybridized carbons (Fsp3) is 0. The quantitative estimate of drug-likeness (QED) is 0.296. The molecule has 4 aromatic rings. The number of halogens is 1. The normalized spacial score (nSPS) is 10.5. The van der Waals surface area contributed by atoms with Crippen molar-refractivity contribution in [1.82, 2.24) is 20.2 Å². The van der Waals surface area contributed by atoms with Crippen LogP contribution < -0.4 is 4.74 Å². The minimum Gasteiger partial charge on any atom is -0.423 e. The molecule has 0 aliphatic heterocycles. The molecule has 8 heteroatoms. The smallest absolute Gasteiger partial charge is 0.345 e. The number of nitrogens with zero attached hydrogens (tertiary/aromatic N) is 4. The van der Waals surface area contributed by atoms with Gasteiger partial charge in [-0.15, -0.1) is 5.10 Å². The van der Waals surface area contributed by atoms with Crippen LogP contribution in [0.25, 0.3) is 5.69 Å². The molecule has 0 spiro atoms. The zero-order valence-corrected chi connectivity index (χ0v) is 14.9. The maximum absolute atomic E-state index is 13.0. The summed E-state index contributed by atoms with van der Waals surface area (Å²) in [4.78, 5) is 25.0. The number of benzene rings is 3. The van der Waals surface area contributed by atoms with Gasteiger partial charge in [-0.25, -0.2) is 9.18 Å². The van der Waals surface area contributed by atoms with E-state index in [-0.39, 0.29) is 17.1 Å². The summed E-state index contributed by atoms with van der Waals surface area (Å²) in [5.41, 5.74) is 1.52. The van der Waals surface area contributed by atoms with Crippen LogP contribution in [0.15, 0.2) is 79.1 Å². The molecule has 7 nitrogen and oxygen atoms in total. The fourth-order valence-corrected chi connectivity index (χ4v) is 2.72. The summed E-state index contributed by atoms with van der Waals surface area (Å²) < 4.78 is 19.8. The lowest BCUT2D eigenvalue weighted by molar-refractivity contribution is 0.0734. The Labute approximate surface area is 164 Å². The maximum Gasteiger partial charge on any atom is 0.345 e. The number of hydrogen-bond donors (Lipinski definition) is 0. The maximum atomic E-state index is 13.0. The predicted molar refractivity (Wildman–Crippen MR) is 100 cm³/mol. The number of hydrogen-bond acceptors (Lipinski definition) is 6. The molecule has 4 rings (SSSR count). The van der Waals surface area contributed by atoms with E-state index in [0.717, 1.165) is 0 Å². The second-order valence-corrected chi connectivity index (χ2v) is 6.02. The van der Waals surface area contributed by atoms with Gasteiger partial charge in [0.05, 0.1) is 11.3 Å². The fourth-order valence-electron chi connectivity index (χ4n) is 2.72. The first-order valence-electron chi connectivity index (χ1n) is 8.57. The molecule has 0 aliphatic carbocycles. The third kappa shape index (κ3) is 3.91. The third-order valence-electron chi connectivity index (χ3n) is 4.15. The van der Waals surface area contributed by atoms with Crippen LogP contribution in [0.1, 0.15) is 26.3 Å². The zero-order valence-electron chi connectivity index (χ0n) is 14.9. The monoisotopic (exact) mass is 388 g/mol. The van der Waals surface area contributed by atoms with Gasteiger partial charge >= 0.3 is 5.97 Å². The van der Waals surface area contributed by atoms with Crippen LogP contribution in [-0.4, -0.2) is 32.0 Å². The van der Waals surface area contributed by atoms with Crippen LogP contribution in [0.5, 0.6) is 5.75 Å². The molecular formula is C21H13FN4O3. The van der Waals surface area contributed by atoms with Crippen molar-refractivity contribution in [2.45, 2.75) is 0 Å². The second-order valence-electron chi connectivity index (χ2n) is 6.02. The molecule has 0 amide bonds. The van der Waals surface area contributed by atoms with E-state index in [1.54, 1.807) is 36.4 Å². The number of rotatable bonds is 5. The van der Waals surface area contributed by atoms with Crippen molar-refractivity contribution in [1.29, 1.82) is 0 Å². The van der Waals surface area contributed by atoms with E-state index in [9.17, 15) is 14.0 Å². The Bertz CT molecular complexity index is 1160. The molecule has 1 heterocycles. The van der Waals surface area contributed by atoms with Gasteiger partial charge in [0.15, 0.2) is 5.78 Å². The Balaban J connectivity index is 1.52. The van der Waals surface area contributed by atoms with Crippen molar-refractivity contribution >= 4 is 11.8 Å². The molecule has 0 fully saturated rings. The van der Waals surface area contributed by atoms with E-state index < -0.39 is 11.8 Å². The van der Waals surface area contributed by atoms with Crippen LogP contribution in [0, 0.1) is 5.82 Å². The summed E-state index contributed by atoms with van der Waals surface area (Å²) in [6.07, 6.45) is 1.38. The van der Waals surface area contributed by atoms with E-state index >= 15 is 0 Å². The van der Waals surface area contributed by atoms with Gasteiger partial charge in [-0.2, -0.15) is 4.68 Å². The Morgan fingerprint density at radius 2 is 1.52 bits per heavy atom. The highest BCUT2D eigenvalue weighted by Gasteiger charge is 2.16. The Hall–Kier alpha value is -4.20. The number of ketones is 1. The highest BCUT2D eigenvalue weighted by Crippen LogP contribution is 2.19. The van der Waals surface area contributed by atoms with Crippen LogP contribution in [0.4, 0.5) is 4.39 Å². The van der Waals surface area contributed by atoms with Crippen LogP contribution in [0.3, 0.4) is 0 Å². The predicted octanol–water partition coefficient (Wildman–Crippen LogP) is 3.25. The second kappa shape index (κ2) is 7.81. The van der Waals surface area contributed by atoms with E-state index in [1.807, 2.05) is 0 Å². The molecular weight excluding hydrogens is 375 g/mol. The molecule has 0 atom stereocenters. The summed E-state index contributed by atoms with van der Waals surface area (Å²) in [7, 11) is 0. The summed E-state index contributed by atoms with van der Waals surface area (Å²) >= 11 is 0. The molecule has 142 valence electrons. The van der Waals surface area contributed by atoms with Crippen molar-refractivity contribution in [3.8, 4) is 11.4 Å². The molecule has 1 aromatic heterocycles. The topological polar surface area (TPSA) is 87.0 Å². The molecule has 0 N–H and O–H groups in total. The van der Waals surface area contributed by atoms with Crippen LogP contribution >= 0.6 is 0 Å². The number of carbonyl (C=O) groups excluding carboxylic acids is 2. The van der Waals surface area contributed by atoms with Gasteiger partial charge in [-0.1, -0.05) is 12.1 Å². The molecule has 3 aromatic carbocycles. The van der Waals surface area contributed by atoms with E-state index in [2.05, 4.69) is 15.5 Å². The van der Waals surface area contributed by atoms with Gasteiger partial charge in [0.25, 0.3) is 0 Å². The number of esters is 1. The van der Waals surface area contributed by atoms with E-state index in [4.69, 9.17) is 4.74 Å². The molecule has 0 radical (unpaired) electrons. The van der Waals surface area contributed by atoms with E-state index in [1.165, 1.54) is 47.4 Å².